The van der Waals surface area contributed by atoms with Crippen LogP contribution in [0.5, 0.6) is 11.5 Å². The van der Waals surface area contributed by atoms with E-state index < -0.39 is 18.2 Å². The molecule has 0 bridgehead atoms. The summed E-state index contributed by atoms with van der Waals surface area (Å²) in [6, 6.07) is 6.28. The second kappa shape index (κ2) is 8.26. The van der Waals surface area contributed by atoms with Crippen LogP contribution < -0.4 is 20.1 Å². The number of amides is 4. The number of ether oxygens (including phenoxy) is 2. The van der Waals surface area contributed by atoms with E-state index in [-0.39, 0.29) is 18.4 Å². The molecule has 2 heterocycles. The Morgan fingerprint density at radius 2 is 1.78 bits per heavy atom. The van der Waals surface area contributed by atoms with Gasteiger partial charge in [-0.1, -0.05) is 12.1 Å². The number of urea groups is 1. The Balaban J connectivity index is 1.51. The fourth-order valence-corrected chi connectivity index (χ4v) is 3.12. The summed E-state index contributed by atoms with van der Waals surface area (Å²) < 4.78 is 11.4. The van der Waals surface area contributed by atoms with E-state index in [2.05, 4.69) is 10.6 Å². The number of nitrogens with zero attached hydrogens (tertiary/aromatic N) is 2. The fraction of sp³-hybridized carbons (Fsp3) is 0.500. The number of benzene rings is 1. The molecule has 27 heavy (non-hydrogen) atoms. The smallest absolute Gasteiger partial charge is 0.321 e. The minimum Gasteiger partial charge on any atom is -0.485 e. The lowest BCUT2D eigenvalue weighted by Crippen LogP contribution is -2.58. The van der Waals surface area contributed by atoms with E-state index in [4.69, 9.17) is 9.47 Å². The summed E-state index contributed by atoms with van der Waals surface area (Å²) >= 11 is 0. The summed E-state index contributed by atoms with van der Waals surface area (Å²) in [5.41, 5.74) is 0. The summed E-state index contributed by atoms with van der Waals surface area (Å²) in [7, 11) is 1.45. The third-order valence-electron chi connectivity index (χ3n) is 4.80. The van der Waals surface area contributed by atoms with Gasteiger partial charge in [0, 0.05) is 33.2 Å². The first-order valence-electron chi connectivity index (χ1n) is 8.93. The molecule has 0 aliphatic carbocycles. The number of rotatable bonds is 3. The van der Waals surface area contributed by atoms with Crippen molar-refractivity contribution in [3.63, 3.8) is 0 Å². The number of hydrogen-bond acceptors (Lipinski definition) is 6. The normalized spacial score (nSPS) is 20.5. The average molecular weight is 376 g/mol. The van der Waals surface area contributed by atoms with Crippen LogP contribution in [0, 0.1) is 0 Å². The van der Waals surface area contributed by atoms with E-state index in [1.54, 1.807) is 24.0 Å². The van der Waals surface area contributed by atoms with Crippen LogP contribution >= 0.6 is 0 Å². The number of carbonyl (C=O) groups is 3. The van der Waals surface area contributed by atoms with Crippen molar-refractivity contribution in [2.24, 2.45) is 0 Å². The SMILES string of the molecule is CNC(=O)NC(=O)[C@@H](C)N1CCN(C(=O)[C@@H]2COc3ccccc3O2)CC1. The van der Waals surface area contributed by atoms with Crippen LogP contribution in [0.2, 0.25) is 0 Å². The van der Waals surface area contributed by atoms with Gasteiger partial charge < -0.3 is 19.7 Å². The van der Waals surface area contributed by atoms with Gasteiger partial charge in [-0.3, -0.25) is 19.8 Å². The van der Waals surface area contributed by atoms with Gasteiger partial charge in [-0.05, 0) is 19.1 Å². The molecule has 0 unspecified atom stereocenters. The van der Waals surface area contributed by atoms with Crippen molar-refractivity contribution in [1.29, 1.82) is 0 Å². The standard InChI is InChI=1S/C18H24N4O5/c1-12(16(23)20-18(25)19-2)21-7-9-22(10-8-21)17(24)15-11-26-13-5-3-4-6-14(13)27-15/h3-6,12,15H,7-11H2,1-2H3,(H2,19,20,23,25)/t12-,15+/m1/s1. The molecular weight excluding hydrogens is 352 g/mol. The molecule has 4 amide bonds. The summed E-state index contributed by atoms with van der Waals surface area (Å²) in [6.07, 6.45) is -0.666. The van der Waals surface area contributed by atoms with Crippen LogP contribution in [0.15, 0.2) is 24.3 Å². The van der Waals surface area contributed by atoms with Crippen molar-refractivity contribution < 1.29 is 23.9 Å². The summed E-state index contributed by atoms with van der Waals surface area (Å²) in [4.78, 5) is 39.7. The lowest BCUT2D eigenvalue weighted by Gasteiger charge is -2.39. The van der Waals surface area contributed by atoms with Crippen molar-refractivity contribution in [2.75, 3.05) is 39.8 Å². The first kappa shape index (κ1) is 19.0. The van der Waals surface area contributed by atoms with Crippen LogP contribution in [-0.4, -0.2) is 79.6 Å². The van der Waals surface area contributed by atoms with Gasteiger partial charge in [0.1, 0.15) is 6.61 Å². The minimum atomic E-state index is -0.666. The second-order valence-electron chi connectivity index (χ2n) is 6.47. The molecule has 2 aliphatic rings. The number of nitrogens with one attached hydrogen (secondary N) is 2. The molecule has 0 radical (unpaired) electrons. The molecule has 146 valence electrons. The third kappa shape index (κ3) is 4.30. The molecular formula is C18H24N4O5. The highest BCUT2D eigenvalue weighted by molar-refractivity contribution is 5.96. The highest BCUT2D eigenvalue weighted by Crippen LogP contribution is 2.31. The van der Waals surface area contributed by atoms with Gasteiger partial charge in [0.2, 0.25) is 12.0 Å². The molecule has 9 heteroatoms. The molecule has 1 aromatic carbocycles. The van der Waals surface area contributed by atoms with Gasteiger partial charge in [-0.25, -0.2) is 4.79 Å². The molecule has 2 atom stereocenters. The van der Waals surface area contributed by atoms with Crippen LogP contribution in [0.1, 0.15) is 6.92 Å². The number of imide groups is 1. The molecule has 1 aromatic rings. The third-order valence-corrected chi connectivity index (χ3v) is 4.80. The number of carbonyl (C=O) groups excluding carboxylic acids is 3. The zero-order valence-electron chi connectivity index (χ0n) is 15.4. The molecule has 9 nitrogen and oxygen atoms in total. The Kier molecular flexibility index (Phi) is 5.80. The zero-order chi connectivity index (χ0) is 19.4. The number of piperazine rings is 1. The molecule has 0 spiro atoms. The van der Waals surface area contributed by atoms with E-state index in [1.807, 2.05) is 17.0 Å². The predicted molar refractivity (Wildman–Crippen MR) is 96.6 cm³/mol. The van der Waals surface area contributed by atoms with Crippen LogP contribution in [0.4, 0.5) is 4.79 Å². The second-order valence-corrected chi connectivity index (χ2v) is 6.47. The van der Waals surface area contributed by atoms with Gasteiger partial charge in [0.25, 0.3) is 5.91 Å². The van der Waals surface area contributed by atoms with Crippen molar-refractivity contribution in [2.45, 2.75) is 19.1 Å². The number of para-hydroxylation sites is 2. The monoisotopic (exact) mass is 376 g/mol. The highest BCUT2D eigenvalue weighted by atomic mass is 16.6. The quantitative estimate of drug-likeness (QED) is 0.759. The Morgan fingerprint density at radius 3 is 2.44 bits per heavy atom. The lowest BCUT2D eigenvalue weighted by molar-refractivity contribution is -0.143. The molecule has 0 saturated carbocycles. The highest BCUT2D eigenvalue weighted by Gasteiger charge is 2.34. The van der Waals surface area contributed by atoms with Crippen molar-refractivity contribution >= 4 is 17.8 Å². The Morgan fingerprint density at radius 1 is 1.11 bits per heavy atom. The van der Waals surface area contributed by atoms with Gasteiger partial charge in [0.05, 0.1) is 6.04 Å². The molecule has 0 aromatic heterocycles. The predicted octanol–water partition coefficient (Wildman–Crippen LogP) is -0.185. The van der Waals surface area contributed by atoms with Gasteiger partial charge in [0.15, 0.2) is 11.5 Å². The maximum atomic E-state index is 12.7. The molecule has 1 fully saturated rings. The maximum Gasteiger partial charge on any atom is 0.321 e. The molecule has 3 rings (SSSR count). The van der Waals surface area contributed by atoms with Crippen LogP contribution in [0.25, 0.3) is 0 Å². The Hall–Kier alpha value is -2.81. The van der Waals surface area contributed by atoms with Crippen LogP contribution in [-0.2, 0) is 9.59 Å². The van der Waals surface area contributed by atoms with E-state index in [0.29, 0.717) is 37.7 Å². The summed E-state index contributed by atoms with van der Waals surface area (Å²) in [5.74, 6) is 0.726. The van der Waals surface area contributed by atoms with Gasteiger partial charge >= 0.3 is 6.03 Å². The molecule has 2 aliphatic heterocycles. The number of hydrogen-bond donors (Lipinski definition) is 2. The van der Waals surface area contributed by atoms with E-state index in [1.165, 1.54) is 7.05 Å². The van der Waals surface area contributed by atoms with E-state index in [0.717, 1.165) is 0 Å². The van der Waals surface area contributed by atoms with Gasteiger partial charge in [-0.15, -0.1) is 0 Å². The lowest BCUT2D eigenvalue weighted by atomic mass is 10.2. The first-order chi connectivity index (χ1) is 13.0. The Bertz CT molecular complexity index is 717. The average Bonchev–Trinajstić information content (AvgIpc) is 2.72. The van der Waals surface area contributed by atoms with E-state index >= 15 is 0 Å². The maximum absolute atomic E-state index is 12.7. The largest absolute Gasteiger partial charge is 0.485 e. The van der Waals surface area contributed by atoms with Crippen molar-refractivity contribution in [1.82, 2.24) is 20.4 Å². The van der Waals surface area contributed by atoms with Crippen LogP contribution in [0.3, 0.4) is 0 Å². The number of fused-ring (bicyclic) bond motifs is 1. The molecule has 2 N–H and O–H groups in total. The minimum absolute atomic E-state index is 0.119. The zero-order valence-corrected chi connectivity index (χ0v) is 15.4. The van der Waals surface area contributed by atoms with Gasteiger partial charge in [-0.2, -0.15) is 0 Å². The Labute approximate surface area is 157 Å². The first-order valence-corrected chi connectivity index (χ1v) is 8.93. The summed E-state index contributed by atoms with van der Waals surface area (Å²) in [6.45, 7) is 3.97. The van der Waals surface area contributed by atoms with E-state index in [9.17, 15) is 14.4 Å². The van der Waals surface area contributed by atoms with Crippen molar-refractivity contribution in [3.05, 3.63) is 24.3 Å². The fourth-order valence-electron chi connectivity index (χ4n) is 3.12. The molecule has 1 saturated heterocycles. The van der Waals surface area contributed by atoms with Crippen molar-refractivity contribution in [3.8, 4) is 11.5 Å². The topological polar surface area (TPSA) is 100 Å². The summed E-state index contributed by atoms with van der Waals surface area (Å²) in [5, 5.41) is 4.63.